The first kappa shape index (κ1) is 22.4. The molecule has 0 saturated heterocycles. The summed E-state index contributed by atoms with van der Waals surface area (Å²) in [5.74, 6) is -1.66. The minimum Gasteiger partial charge on any atom is -0.461 e. The first-order valence-corrected chi connectivity index (χ1v) is 10.3. The van der Waals surface area contributed by atoms with Crippen LogP contribution in [-0.4, -0.2) is 17.1 Å². The maximum atomic E-state index is 13.9. The van der Waals surface area contributed by atoms with Gasteiger partial charge in [0.2, 0.25) is 5.91 Å². The molecule has 0 bridgehead atoms. The standard InChI is InChI=1S/C25H21F3N2O3/c26-25(27,28)21-14-19(32-22-6-2-4-17-11-12-30-15-20(17)22)8-9-23(21)33-18-5-1-3-16(13-18)7-10-24(29)31/h1-6,8-9,11-13,15,21H,7,10,14H2,(H2,29,31). The lowest BCUT2D eigenvalue weighted by Gasteiger charge is -2.27. The molecular weight excluding hydrogens is 433 g/mol. The van der Waals surface area contributed by atoms with E-state index in [0.29, 0.717) is 17.6 Å². The molecule has 2 aromatic carbocycles. The summed E-state index contributed by atoms with van der Waals surface area (Å²) in [5, 5.41) is 1.59. The van der Waals surface area contributed by atoms with Crippen molar-refractivity contribution in [2.45, 2.75) is 25.4 Å². The number of fused-ring (bicyclic) bond motifs is 1. The van der Waals surface area contributed by atoms with E-state index in [-0.39, 0.29) is 23.7 Å². The van der Waals surface area contributed by atoms with Crippen LogP contribution < -0.4 is 15.2 Å². The number of alkyl halides is 3. The second kappa shape index (κ2) is 9.36. The van der Waals surface area contributed by atoms with Gasteiger partial charge in [-0.15, -0.1) is 0 Å². The summed E-state index contributed by atoms with van der Waals surface area (Å²) in [6, 6.07) is 13.8. The zero-order valence-electron chi connectivity index (χ0n) is 17.5. The van der Waals surface area contributed by atoms with Gasteiger partial charge < -0.3 is 15.2 Å². The van der Waals surface area contributed by atoms with Crippen LogP contribution in [0.15, 0.2) is 84.6 Å². The van der Waals surface area contributed by atoms with Gasteiger partial charge in [0.05, 0.1) is 0 Å². The molecule has 1 aliphatic carbocycles. The molecule has 0 spiro atoms. The lowest BCUT2D eigenvalue weighted by atomic mass is 9.96. The summed E-state index contributed by atoms with van der Waals surface area (Å²) in [5.41, 5.74) is 5.91. The predicted molar refractivity (Wildman–Crippen MR) is 117 cm³/mol. The number of amides is 1. The smallest absolute Gasteiger partial charge is 0.399 e. The Balaban J connectivity index is 1.57. The van der Waals surface area contributed by atoms with Crippen LogP contribution in [0, 0.1) is 5.92 Å². The van der Waals surface area contributed by atoms with Crippen molar-refractivity contribution in [2.75, 3.05) is 0 Å². The number of aromatic nitrogens is 1. The van der Waals surface area contributed by atoms with Gasteiger partial charge in [-0.05, 0) is 53.8 Å². The number of primary amides is 1. The van der Waals surface area contributed by atoms with Crippen LogP contribution in [-0.2, 0) is 11.2 Å². The number of allylic oxidation sites excluding steroid dienone is 4. The first-order valence-electron chi connectivity index (χ1n) is 10.3. The molecule has 1 aromatic heterocycles. The topological polar surface area (TPSA) is 74.4 Å². The Kier molecular flexibility index (Phi) is 6.35. The summed E-state index contributed by atoms with van der Waals surface area (Å²) in [6.45, 7) is 0. The number of pyridine rings is 1. The lowest BCUT2D eigenvalue weighted by Crippen LogP contribution is -2.30. The van der Waals surface area contributed by atoms with Crippen molar-refractivity contribution >= 4 is 16.7 Å². The van der Waals surface area contributed by atoms with E-state index in [1.165, 1.54) is 12.2 Å². The number of rotatable bonds is 7. The summed E-state index contributed by atoms with van der Waals surface area (Å²) >= 11 is 0. The predicted octanol–water partition coefficient (Wildman–Crippen LogP) is 5.46. The van der Waals surface area contributed by atoms with E-state index in [4.69, 9.17) is 15.2 Å². The summed E-state index contributed by atoms with van der Waals surface area (Å²) in [7, 11) is 0. The number of aryl methyl sites for hydroxylation is 1. The molecule has 1 unspecified atom stereocenters. The van der Waals surface area contributed by atoms with E-state index >= 15 is 0 Å². The highest BCUT2D eigenvalue weighted by molar-refractivity contribution is 5.87. The van der Waals surface area contributed by atoms with E-state index in [1.54, 1.807) is 54.9 Å². The van der Waals surface area contributed by atoms with Gasteiger partial charge in [0.25, 0.3) is 0 Å². The Hall–Kier alpha value is -3.81. The van der Waals surface area contributed by atoms with Gasteiger partial charge in [-0.2, -0.15) is 13.2 Å². The average Bonchev–Trinajstić information content (AvgIpc) is 2.78. The molecule has 0 aliphatic heterocycles. The van der Waals surface area contributed by atoms with E-state index in [1.807, 2.05) is 6.07 Å². The Labute approximate surface area is 188 Å². The van der Waals surface area contributed by atoms with E-state index < -0.39 is 24.4 Å². The number of carbonyl (C=O) groups is 1. The molecule has 170 valence electrons. The van der Waals surface area contributed by atoms with E-state index in [2.05, 4.69) is 4.98 Å². The molecule has 4 rings (SSSR count). The molecule has 2 N–H and O–H groups in total. The third-order valence-electron chi connectivity index (χ3n) is 5.26. The molecule has 8 heteroatoms. The average molecular weight is 454 g/mol. The van der Waals surface area contributed by atoms with Crippen molar-refractivity contribution in [3.63, 3.8) is 0 Å². The van der Waals surface area contributed by atoms with E-state index in [0.717, 1.165) is 10.9 Å². The number of ether oxygens (including phenoxy) is 2. The second-order valence-electron chi connectivity index (χ2n) is 7.67. The molecule has 0 radical (unpaired) electrons. The van der Waals surface area contributed by atoms with Crippen LogP contribution in [0.5, 0.6) is 11.5 Å². The summed E-state index contributed by atoms with van der Waals surface area (Å²) in [4.78, 5) is 15.1. The fraction of sp³-hybridized carbons (Fsp3) is 0.200. The van der Waals surface area contributed by atoms with Gasteiger partial charge in [0.15, 0.2) is 0 Å². The number of carbonyl (C=O) groups excluding carboxylic acids is 1. The highest BCUT2D eigenvalue weighted by Gasteiger charge is 2.45. The van der Waals surface area contributed by atoms with Crippen molar-refractivity contribution in [3.05, 3.63) is 90.2 Å². The number of hydrogen-bond donors (Lipinski definition) is 1. The molecule has 5 nitrogen and oxygen atoms in total. The molecule has 1 heterocycles. The first-order chi connectivity index (χ1) is 15.8. The third kappa shape index (κ3) is 5.52. The van der Waals surface area contributed by atoms with Gasteiger partial charge >= 0.3 is 6.18 Å². The molecule has 0 fully saturated rings. The highest BCUT2D eigenvalue weighted by Crippen LogP contribution is 2.41. The minimum atomic E-state index is -4.53. The monoisotopic (exact) mass is 454 g/mol. The zero-order chi connectivity index (χ0) is 23.4. The van der Waals surface area contributed by atoms with Gasteiger partial charge in [-0.1, -0.05) is 24.3 Å². The fourth-order valence-corrected chi connectivity index (χ4v) is 3.60. The van der Waals surface area contributed by atoms with Crippen LogP contribution in [0.3, 0.4) is 0 Å². The van der Waals surface area contributed by atoms with Crippen LogP contribution in [0.1, 0.15) is 18.4 Å². The number of halogens is 3. The minimum absolute atomic E-state index is 0.143. The molecule has 1 aliphatic rings. The Bertz CT molecular complexity index is 1230. The number of hydrogen-bond acceptors (Lipinski definition) is 4. The molecule has 1 amide bonds. The fourth-order valence-electron chi connectivity index (χ4n) is 3.60. The normalized spacial score (nSPS) is 16.2. The van der Waals surface area contributed by atoms with Crippen LogP contribution in [0.25, 0.3) is 10.8 Å². The quantitative estimate of drug-likeness (QED) is 0.514. The van der Waals surface area contributed by atoms with Crippen molar-refractivity contribution < 1.29 is 27.4 Å². The second-order valence-corrected chi connectivity index (χ2v) is 7.67. The molecule has 3 aromatic rings. The number of nitrogens with two attached hydrogens (primary N) is 1. The Morgan fingerprint density at radius 1 is 1.09 bits per heavy atom. The molecule has 0 saturated carbocycles. The SMILES string of the molecule is NC(=O)CCc1cccc(OC2=CC=C(Oc3cccc4ccncc34)CC2C(F)(F)F)c1. The lowest BCUT2D eigenvalue weighted by molar-refractivity contribution is -0.171. The van der Waals surface area contributed by atoms with Crippen LogP contribution >= 0.6 is 0 Å². The van der Waals surface area contributed by atoms with E-state index in [9.17, 15) is 18.0 Å². The van der Waals surface area contributed by atoms with Crippen molar-refractivity contribution in [2.24, 2.45) is 11.7 Å². The maximum Gasteiger partial charge on any atom is 0.399 e. The van der Waals surface area contributed by atoms with Gasteiger partial charge in [0, 0.05) is 30.6 Å². The highest BCUT2D eigenvalue weighted by atomic mass is 19.4. The number of nitrogens with zero attached hydrogens (tertiary/aromatic N) is 1. The van der Waals surface area contributed by atoms with Crippen molar-refractivity contribution in [3.8, 4) is 11.5 Å². The molecule has 1 atom stereocenters. The van der Waals surface area contributed by atoms with Gasteiger partial charge in [-0.25, -0.2) is 0 Å². The molecule has 33 heavy (non-hydrogen) atoms. The number of benzene rings is 2. The van der Waals surface area contributed by atoms with Crippen molar-refractivity contribution in [1.29, 1.82) is 0 Å². The van der Waals surface area contributed by atoms with Crippen molar-refractivity contribution in [1.82, 2.24) is 4.98 Å². The van der Waals surface area contributed by atoms with Crippen LogP contribution in [0.2, 0.25) is 0 Å². The zero-order valence-corrected chi connectivity index (χ0v) is 17.5. The van der Waals surface area contributed by atoms with Crippen LogP contribution in [0.4, 0.5) is 13.2 Å². The summed E-state index contributed by atoms with van der Waals surface area (Å²) in [6.07, 6.45) is 1.63. The third-order valence-corrected chi connectivity index (χ3v) is 5.26. The Morgan fingerprint density at radius 2 is 1.91 bits per heavy atom. The van der Waals surface area contributed by atoms with Gasteiger partial charge in [0.1, 0.15) is 28.9 Å². The Morgan fingerprint density at radius 3 is 2.70 bits per heavy atom. The summed E-state index contributed by atoms with van der Waals surface area (Å²) < 4.78 is 53.1. The molecular formula is C25H21F3N2O3. The maximum absolute atomic E-state index is 13.9. The van der Waals surface area contributed by atoms with Gasteiger partial charge in [-0.3, -0.25) is 9.78 Å². The largest absolute Gasteiger partial charge is 0.461 e.